The van der Waals surface area contributed by atoms with Crippen molar-refractivity contribution in [2.75, 3.05) is 23.3 Å². The molecule has 0 spiro atoms. The van der Waals surface area contributed by atoms with E-state index in [1.807, 2.05) is 23.2 Å². The van der Waals surface area contributed by atoms with Crippen LogP contribution in [0, 0.1) is 0 Å². The smallest absolute Gasteiger partial charge is 0.228 e. The number of benzene rings is 1. The summed E-state index contributed by atoms with van der Waals surface area (Å²) in [5.41, 5.74) is 3.89. The molecule has 0 radical (unpaired) electrons. The fourth-order valence-corrected chi connectivity index (χ4v) is 4.95. The number of fused-ring (bicyclic) bond motifs is 4. The molecule has 3 N–H and O–H groups in total. The predicted octanol–water partition coefficient (Wildman–Crippen LogP) is 1.90. The maximum Gasteiger partial charge on any atom is 0.228 e. The van der Waals surface area contributed by atoms with Crippen LogP contribution in [0.5, 0.6) is 0 Å². The highest BCUT2D eigenvalue weighted by molar-refractivity contribution is 5.83. The summed E-state index contributed by atoms with van der Waals surface area (Å²) in [6.45, 7) is 4.62. The molecule has 2 atom stereocenters. The first-order valence-corrected chi connectivity index (χ1v) is 10.5. The zero-order valence-corrected chi connectivity index (χ0v) is 16.9. The third-order valence-electron chi connectivity index (χ3n) is 6.53. The number of nitrogens with one attached hydrogen (secondary N) is 3. The van der Waals surface area contributed by atoms with Crippen LogP contribution in [0.1, 0.15) is 31.0 Å². The Bertz CT molecular complexity index is 1130. The normalized spacial score (nSPS) is 22.6. The van der Waals surface area contributed by atoms with Crippen LogP contribution in [0.2, 0.25) is 0 Å². The third-order valence-corrected chi connectivity index (χ3v) is 6.53. The van der Waals surface area contributed by atoms with Gasteiger partial charge < -0.3 is 20.4 Å². The van der Waals surface area contributed by atoms with Gasteiger partial charge in [-0.15, -0.1) is 0 Å². The molecule has 0 saturated carbocycles. The van der Waals surface area contributed by atoms with Crippen LogP contribution >= 0.6 is 0 Å². The first-order chi connectivity index (χ1) is 14.7. The molecule has 9 heteroatoms. The number of hydrogen-bond donors (Lipinski definition) is 3. The zero-order chi connectivity index (χ0) is 20.2. The molecule has 2 bridgehead atoms. The van der Waals surface area contributed by atoms with E-state index in [0.29, 0.717) is 25.2 Å². The molecule has 6 rings (SSSR count). The minimum atomic E-state index is 0.0579. The lowest BCUT2D eigenvalue weighted by atomic mass is 10.2. The molecule has 1 amide bonds. The Hall–Kier alpha value is -3.20. The van der Waals surface area contributed by atoms with Crippen LogP contribution < -0.4 is 15.5 Å². The monoisotopic (exact) mass is 404 g/mol. The lowest BCUT2D eigenvalue weighted by Crippen LogP contribution is -2.52. The molecule has 3 aromatic rings. The van der Waals surface area contributed by atoms with Crippen molar-refractivity contribution < 1.29 is 4.79 Å². The molecular formula is C21H24N8O. The molecule has 154 valence electrons. The second-order valence-corrected chi connectivity index (χ2v) is 8.42. The molecule has 2 unspecified atom stereocenters. The maximum atomic E-state index is 12.0. The van der Waals surface area contributed by atoms with Gasteiger partial charge in [-0.1, -0.05) is 0 Å². The zero-order valence-electron chi connectivity index (χ0n) is 16.9. The Labute approximate surface area is 173 Å². The van der Waals surface area contributed by atoms with Crippen LogP contribution in [-0.4, -0.2) is 56.1 Å². The number of carbonyl (C=O) groups excluding carboxylic acids is 1. The van der Waals surface area contributed by atoms with E-state index in [1.165, 1.54) is 0 Å². The summed E-state index contributed by atoms with van der Waals surface area (Å²) in [5.74, 6) is 1.63. The van der Waals surface area contributed by atoms with Crippen molar-refractivity contribution in [2.24, 2.45) is 0 Å². The van der Waals surface area contributed by atoms with Crippen molar-refractivity contribution in [3.05, 3.63) is 35.7 Å². The first kappa shape index (κ1) is 17.6. The SMILES string of the molecule is CC(=O)N1Cc2nc(N3C4CCC3CNC4)nc(Nc3ccc4[nH]ncc4c3)c2C1. The summed E-state index contributed by atoms with van der Waals surface area (Å²) in [4.78, 5) is 26.1. The van der Waals surface area contributed by atoms with Crippen molar-refractivity contribution in [1.82, 2.24) is 30.4 Å². The van der Waals surface area contributed by atoms with E-state index in [2.05, 4.69) is 31.8 Å². The molecule has 1 aromatic carbocycles. The minimum absolute atomic E-state index is 0.0579. The molecule has 3 aliphatic heterocycles. The standard InChI is InChI=1S/C21H24N8O/c1-12(30)28-10-17-19(11-28)25-21(29-15-3-4-16(29)9-22-8-15)26-20(17)24-14-2-5-18-13(6-14)7-23-27-18/h2,5-7,15-16,22H,3-4,8-11H2,1H3,(H,23,27)(H,24,25,26). The van der Waals surface area contributed by atoms with Crippen molar-refractivity contribution in [2.45, 2.75) is 44.9 Å². The molecule has 9 nitrogen and oxygen atoms in total. The van der Waals surface area contributed by atoms with E-state index in [0.717, 1.165) is 65.5 Å². The number of amides is 1. The van der Waals surface area contributed by atoms with Crippen molar-refractivity contribution in [1.29, 1.82) is 0 Å². The Kier molecular flexibility index (Phi) is 3.92. The molecule has 2 aromatic heterocycles. The third kappa shape index (κ3) is 2.80. The maximum absolute atomic E-state index is 12.0. The molecule has 0 aliphatic carbocycles. The second kappa shape index (κ2) is 6.66. The van der Waals surface area contributed by atoms with Gasteiger partial charge in [0.05, 0.1) is 30.5 Å². The largest absolute Gasteiger partial charge is 0.340 e. The van der Waals surface area contributed by atoms with E-state index in [9.17, 15) is 4.79 Å². The molecule has 5 heterocycles. The molecular weight excluding hydrogens is 380 g/mol. The Morgan fingerprint density at radius 2 is 2.00 bits per heavy atom. The Balaban J connectivity index is 1.41. The molecule has 3 aliphatic rings. The summed E-state index contributed by atoms with van der Waals surface area (Å²) >= 11 is 0. The Morgan fingerprint density at radius 1 is 1.17 bits per heavy atom. The minimum Gasteiger partial charge on any atom is -0.340 e. The fourth-order valence-electron chi connectivity index (χ4n) is 4.95. The van der Waals surface area contributed by atoms with Crippen molar-refractivity contribution in [3.8, 4) is 0 Å². The number of aromatic amines is 1. The topological polar surface area (TPSA) is 102 Å². The average Bonchev–Trinajstić information content (AvgIpc) is 3.43. The second-order valence-electron chi connectivity index (χ2n) is 8.42. The van der Waals surface area contributed by atoms with Crippen LogP contribution in [0.3, 0.4) is 0 Å². The summed E-state index contributed by atoms with van der Waals surface area (Å²) in [5, 5.41) is 15.1. The van der Waals surface area contributed by atoms with Gasteiger partial charge in [-0.2, -0.15) is 10.1 Å². The van der Waals surface area contributed by atoms with Gasteiger partial charge in [0.1, 0.15) is 5.82 Å². The Morgan fingerprint density at radius 3 is 2.80 bits per heavy atom. The van der Waals surface area contributed by atoms with Gasteiger partial charge in [0.15, 0.2) is 0 Å². The van der Waals surface area contributed by atoms with Crippen molar-refractivity contribution >= 4 is 34.3 Å². The van der Waals surface area contributed by atoms with E-state index in [1.54, 1.807) is 6.92 Å². The van der Waals surface area contributed by atoms with E-state index < -0.39 is 0 Å². The van der Waals surface area contributed by atoms with Crippen molar-refractivity contribution in [3.63, 3.8) is 0 Å². The quantitative estimate of drug-likeness (QED) is 0.613. The van der Waals surface area contributed by atoms with E-state index in [4.69, 9.17) is 9.97 Å². The van der Waals surface area contributed by atoms with Gasteiger partial charge in [-0.3, -0.25) is 9.89 Å². The average molecular weight is 404 g/mol. The van der Waals surface area contributed by atoms with Crippen LogP contribution in [-0.2, 0) is 17.9 Å². The summed E-state index contributed by atoms with van der Waals surface area (Å²) in [7, 11) is 0. The molecule has 2 saturated heterocycles. The number of anilines is 3. The lowest BCUT2D eigenvalue weighted by molar-refractivity contribution is -0.129. The summed E-state index contributed by atoms with van der Waals surface area (Å²) in [6, 6.07) is 6.94. The number of nitrogens with zero attached hydrogens (tertiary/aromatic N) is 5. The number of H-pyrrole nitrogens is 1. The highest BCUT2D eigenvalue weighted by Gasteiger charge is 2.39. The highest BCUT2D eigenvalue weighted by atomic mass is 16.2. The van der Waals surface area contributed by atoms with E-state index >= 15 is 0 Å². The van der Waals surface area contributed by atoms with Gasteiger partial charge in [0.25, 0.3) is 0 Å². The lowest BCUT2D eigenvalue weighted by Gasteiger charge is -2.35. The number of piperazine rings is 1. The number of hydrogen-bond acceptors (Lipinski definition) is 7. The first-order valence-electron chi connectivity index (χ1n) is 10.5. The van der Waals surface area contributed by atoms with Gasteiger partial charge in [0.2, 0.25) is 11.9 Å². The van der Waals surface area contributed by atoms with Gasteiger partial charge in [-0.25, -0.2) is 4.98 Å². The molecule has 30 heavy (non-hydrogen) atoms. The van der Waals surface area contributed by atoms with Gasteiger partial charge in [-0.05, 0) is 31.0 Å². The highest BCUT2D eigenvalue weighted by Crippen LogP contribution is 2.35. The van der Waals surface area contributed by atoms with Gasteiger partial charge >= 0.3 is 0 Å². The predicted molar refractivity (Wildman–Crippen MR) is 113 cm³/mol. The fraction of sp³-hybridized carbons (Fsp3) is 0.429. The van der Waals surface area contributed by atoms with Gasteiger partial charge in [0, 0.05) is 48.7 Å². The van der Waals surface area contributed by atoms with Crippen LogP contribution in [0.25, 0.3) is 10.9 Å². The number of rotatable bonds is 3. The van der Waals surface area contributed by atoms with E-state index in [-0.39, 0.29) is 5.91 Å². The van der Waals surface area contributed by atoms with Crippen LogP contribution in [0.15, 0.2) is 24.4 Å². The summed E-state index contributed by atoms with van der Waals surface area (Å²) < 4.78 is 0. The number of carbonyl (C=O) groups is 1. The number of aromatic nitrogens is 4. The molecule has 2 fully saturated rings. The summed E-state index contributed by atoms with van der Waals surface area (Å²) in [6.07, 6.45) is 4.14. The van der Waals surface area contributed by atoms with Crippen LogP contribution in [0.4, 0.5) is 17.5 Å².